The van der Waals surface area contributed by atoms with E-state index in [-0.39, 0.29) is 18.4 Å². The predicted molar refractivity (Wildman–Crippen MR) is 105 cm³/mol. The maximum absolute atomic E-state index is 12.1. The number of carbonyl (C=O) groups excluding carboxylic acids is 1. The fourth-order valence-electron chi connectivity index (χ4n) is 2.71. The first-order valence-corrected chi connectivity index (χ1v) is 10.2. The minimum Gasteiger partial charge on any atom is -0.464 e. The summed E-state index contributed by atoms with van der Waals surface area (Å²) >= 11 is 8.48. The highest BCUT2D eigenvalue weighted by Gasteiger charge is 2.26. The minimum absolute atomic E-state index is 0.00299. The predicted octanol–water partition coefficient (Wildman–Crippen LogP) is 2.88. The van der Waals surface area contributed by atoms with Crippen molar-refractivity contribution in [2.45, 2.75) is 18.9 Å². The highest BCUT2D eigenvalue weighted by molar-refractivity contribution is 7.17. The number of aromatic nitrogens is 4. The smallest absolute Gasteiger partial charge is 0.296 e. The van der Waals surface area contributed by atoms with Gasteiger partial charge in [-0.3, -0.25) is 4.79 Å². The number of carbonyl (C=O) groups is 1. The van der Waals surface area contributed by atoms with E-state index in [2.05, 4.69) is 30.6 Å². The molecule has 1 N–H and O–H groups in total. The van der Waals surface area contributed by atoms with Gasteiger partial charge >= 0.3 is 0 Å². The number of nitrogens with zero attached hydrogens (tertiary/aromatic N) is 5. The molecule has 27 heavy (non-hydrogen) atoms. The van der Waals surface area contributed by atoms with Crippen molar-refractivity contribution in [3.05, 3.63) is 39.7 Å². The molecule has 0 radical (unpaired) electrons. The fraction of sp³-hybridized carbons (Fsp3) is 0.312. The summed E-state index contributed by atoms with van der Waals surface area (Å²) in [6, 6.07) is 7.40. The molecule has 140 valence electrons. The molecule has 0 aromatic carbocycles. The average Bonchev–Trinajstić information content (AvgIpc) is 3.39. The van der Waals surface area contributed by atoms with Crippen LogP contribution in [0.25, 0.3) is 0 Å². The Balaban J connectivity index is 1.29. The standard InChI is InChI=1S/C16H15ClN6O2S2/c17-12-4-3-11(26-12)8-14(24)19-15-21-22-16(27-15)25-10-5-7-23(9-10)13-2-1-6-18-20-13/h1-4,6,10H,5,7-9H2,(H,19,21,24). The molecule has 0 saturated carbocycles. The van der Waals surface area contributed by atoms with Crippen LogP contribution in [0.1, 0.15) is 11.3 Å². The zero-order chi connectivity index (χ0) is 18.6. The fourth-order valence-corrected chi connectivity index (χ4v) is 4.48. The van der Waals surface area contributed by atoms with Gasteiger partial charge in [0.2, 0.25) is 11.0 Å². The number of hydrogen-bond donors (Lipinski definition) is 1. The van der Waals surface area contributed by atoms with E-state index in [4.69, 9.17) is 16.3 Å². The van der Waals surface area contributed by atoms with Crippen LogP contribution in [0.5, 0.6) is 5.19 Å². The summed E-state index contributed by atoms with van der Waals surface area (Å²) in [6.45, 7) is 1.55. The number of amides is 1. The summed E-state index contributed by atoms with van der Waals surface area (Å²) in [5.41, 5.74) is 0. The van der Waals surface area contributed by atoms with Crippen LogP contribution >= 0.6 is 34.3 Å². The molecule has 11 heteroatoms. The van der Waals surface area contributed by atoms with Crippen molar-refractivity contribution in [1.29, 1.82) is 0 Å². The lowest BCUT2D eigenvalue weighted by molar-refractivity contribution is -0.115. The Morgan fingerprint density at radius 2 is 2.22 bits per heavy atom. The summed E-state index contributed by atoms with van der Waals surface area (Å²) in [7, 11) is 0. The van der Waals surface area contributed by atoms with Gasteiger partial charge in [0.05, 0.1) is 17.3 Å². The summed E-state index contributed by atoms with van der Waals surface area (Å²) in [4.78, 5) is 15.1. The van der Waals surface area contributed by atoms with Gasteiger partial charge < -0.3 is 15.0 Å². The van der Waals surface area contributed by atoms with Crippen molar-refractivity contribution >= 4 is 51.1 Å². The summed E-state index contributed by atoms with van der Waals surface area (Å²) in [6.07, 6.45) is 2.76. The van der Waals surface area contributed by atoms with Gasteiger partial charge in [0, 0.05) is 24.0 Å². The molecular weight excluding hydrogens is 408 g/mol. The van der Waals surface area contributed by atoms with E-state index in [9.17, 15) is 4.79 Å². The van der Waals surface area contributed by atoms with Crippen LogP contribution in [-0.4, -0.2) is 45.5 Å². The highest BCUT2D eigenvalue weighted by atomic mass is 35.5. The topological polar surface area (TPSA) is 93.1 Å². The maximum atomic E-state index is 12.1. The number of halogens is 1. The zero-order valence-electron chi connectivity index (χ0n) is 14.0. The Morgan fingerprint density at radius 3 is 3.00 bits per heavy atom. The van der Waals surface area contributed by atoms with Crippen molar-refractivity contribution in [3.8, 4) is 5.19 Å². The van der Waals surface area contributed by atoms with Crippen LogP contribution < -0.4 is 15.0 Å². The molecule has 1 aliphatic heterocycles. The van der Waals surface area contributed by atoms with Gasteiger partial charge in [-0.2, -0.15) is 5.10 Å². The van der Waals surface area contributed by atoms with Gasteiger partial charge in [0.25, 0.3) is 5.19 Å². The molecule has 1 fully saturated rings. The summed E-state index contributed by atoms with van der Waals surface area (Å²) in [5.74, 6) is 0.674. The average molecular weight is 423 g/mol. The Kier molecular flexibility index (Phi) is 5.46. The first-order valence-electron chi connectivity index (χ1n) is 8.22. The maximum Gasteiger partial charge on any atom is 0.296 e. The van der Waals surface area contributed by atoms with Gasteiger partial charge in [0.15, 0.2) is 5.82 Å². The van der Waals surface area contributed by atoms with E-state index in [1.165, 1.54) is 22.7 Å². The largest absolute Gasteiger partial charge is 0.464 e. The van der Waals surface area contributed by atoms with E-state index in [1.807, 2.05) is 18.2 Å². The number of ether oxygens (including phenoxy) is 1. The molecule has 8 nitrogen and oxygen atoms in total. The lowest BCUT2D eigenvalue weighted by Gasteiger charge is -2.16. The van der Waals surface area contributed by atoms with E-state index >= 15 is 0 Å². The molecule has 1 aliphatic rings. The van der Waals surface area contributed by atoms with Crippen LogP contribution in [0.3, 0.4) is 0 Å². The molecule has 1 atom stereocenters. The van der Waals surface area contributed by atoms with Gasteiger partial charge in [0.1, 0.15) is 6.10 Å². The normalized spacial score (nSPS) is 16.5. The number of rotatable bonds is 6. The first kappa shape index (κ1) is 18.1. The minimum atomic E-state index is -0.161. The molecule has 3 aromatic heterocycles. The van der Waals surface area contributed by atoms with Crippen molar-refractivity contribution in [2.24, 2.45) is 0 Å². The molecule has 1 amide bonds. The van der Waals surface area contributed by atoms with Crippen LogP contribution in [-0.2, 0) is 11.2 Å². The second-order valence-electron chi connectivity index (χ2n) is 5.86. The third kappa shape index (κ3) is 4.71. The first-order chi connectivity index (χ1) is 13.2. The number of hydrogen-bond acceptors (Lipinski definition) is 9. The van der Waals surface area contributed by atoms with E-state index < -0.39 is 0 Å². The van der Waals surface area contributed by atoms with Crippen molar-refractivity contribution in [1.82, 2.24) is 20.4 Å². The van der Waals surface area contributed by atoms with E-state index in [0.717, 1.165) is 23.7 Å². The monoisotopic (exact) mass is 422 g/mol. The lowest BCUT2D eigenvalue weighted by atomic mass is 10.3. The van der Waals surface area contributed by atoms with Gasteiger partial charge in [-0.15, -0.1) is 21.5 Å². The van der Waals surface area contributed by atoms with Crippen molar-refractivity contribution in [2.75, 3.05) is 23.3 Å². The van der Waals surface area contributed by atoms with E-state index in [1.54, 1.807) is 12.3 Å². The molecule has 3 aromatic rings. The number of nitrogens with one attached hydrogen (secondary N) is 1. The SMILES string of the molecule is O=C(Cc1ccc(Cl)s1)Nc1nnc(OC2CCN(c3cccnn3)C2)s1. The summed E-state index contributed by atoms with van der Waals surface area (Å²) in [5, 5.41) is 19.6. The lowest BCUT2D eigenvalue weighted by Crippen LogP contribution is -2.25. The molecule has 4 heterocycles. The highest BCUT2D eigenvalue weighted by Crippen LogP contribution is 2.27. The third-order valence-electron chi connectivity index (χ3n) is 3.91. The van der Waals surface area contributed by atoms with Crippen molar-refractivity contribution in [3.63, 3.8) is 0 Å². The Hall–Kier alpha value is -2.30. The third-order valence-corrected chi connectivity index (χ3v) is 5.87. The molecule has 1 unspecified atom stereocenters. The Morgan fingerprint density at radius 1 is 1.30 bits per heavy atom. The van der Waals surface area contributed by atoms with Crippen LogP contribution in [0.2, 0.25) is 4.34 Å². The van der Waals surface area contributed by atoms with Crippen LogP contribution in [0, 0.1) is 0 Å². The quantitative estimate of drug-likeness (QED) is 0.652. The summed E-state index contributed by atoms with van der Waals surface area (Å²) < 4.78 is 6.56. The molecule has 1 saturated heterocycles. The van der Waals surface area contributed by atoms with Gasteiger partial charge in [-0.25, -0.2) is 0 Å². The molecular formula is C16H15ClN6O2S2. The Bertz CT molecular complexity index is 919. The molecule has 0 aliphatic carbocycles. The second kappa shape index (κ2) is 8.15. The zero-order valence-corrected chi connectivity index (χ0v) is 16.4. The Labute approximate surface area is 168 Å². The number of thiophene rings is 1. The van der Waals surface area contributed by atoms with Crippen LogP contribution in [0.4, 0.5) is 10.9 Å². The van der Waals surface area contributed by atoms with Gasteiger partial charge in [-0.05, 0) is 35.6 Å². The molecule has 0 spiro atoms. The van der Waals surface area contributed by atoms with E-state index in [0.29, 0.717) is 21.2 Å². The molecule has 0 bridgehead atoms. The number of anilines is 2. The second-order valence-corrected chi connectivity index (χ2v) is 8.60. The van der Waals surface area contributed by atoms with Crippen LogP contribution in [0.15, 0.2) is 30.5 Å². The van der Waals surface area contributed by atoms with Crippen molar-refractivity contribution < 1.29 is 9.53 Å². The van der Waals surface area contributed by atoms with Gasteiger partial charge in [-0.1, -0.05) is 16.7 Å². The molecule has 4 rings (SSSR count).